The zero-order chi connectivity index (χ0) is 26.1. The maximum Gasteiger partial charge on any atom is 0.339 e. The van der Waals surface area contributed by atoms with E-state index in [1.165, 1.54) is 0 Å². The van der Waals surface area contributed by atoms with Crippen LogP contribution in [0.3, 0.4) is 0 Å². The summed E-state index contributed by atoms with van der Waals surface area (Å²) in [6.45, 7) is 0.291. The van der Waals surface area contributed by atoms with Crippen LogP contribution in [0.25, 0.3) is 0 Å². The lowest BCUT2D eigenvalue weighted by molar-refractivity contribution is -0.232. The normalized spacial score (nSPS) is 25.8. The molecular formula is C22H20O13. The first-order valence-electron chi connectivity index (χ1n) is 10.2. The number of carboxylic acid groups (broad SMARTS) is 1. The summed E-state index contributed by atoms with van der Waals surface area (Å²) in [5.41, 5.74) is -4.49. The monoisotopic (exact) mass is 492 g/mol. The highest BCUT2D eigenvalue weighted by Gasteiger charge is 2.48. The quantitative estimate of drug-likeness (QED) is 0.154. The van der Waals surface area contributed by atoms with Crippen LogP contribution < -0.4 is 0 Å². The van der Waals surface area contributed by atoms with Crippen LogP contribution in [0.2, 0.25) is 0 Å². The Hall–Kier alpha value is -3.75. The van der Waals surface area contributed by atoms with Gasteiger partial charge in [0.05, 0.1) is 23.3 Å². The molecule has 0 saturated carbocycles. The Morgan fingerprint density at radius 2 is 1.49 bits per heavy atom. The number of aromatic hydroxyl groups is 4. The van der Waals surface area contributed by atoms with Gasteiger partial charge in [-0.15, -0.1) is 0 Å². The molecule has 1 aliphatic carbocycles. The molecule has 1 aliphatic heterocycles. The molecule has 2 aromatic rings. The Labute approximate surface area is 195 Å². The van der Waals surface area contributed by atoms with Crippen LogP contribution in [0.15, 0.2) is 6.07 Å². The number of carbonyl (C=O) groups is 3. The first kappa shape index (κ1) is 24.4. The SMILES string of the molecule is Cc1c(C(=O)O)c(O)cc2c1C(=O)c1c(O)c([C@@H]3O[C@H](CO)[C@H](O)[C@H](O)[C@@H]3O)c(O)c(O)c1C2=O. The van der Waals surface area contributed by atoms with E-state index in [-0.39, 0.29) is 5.56 Å². The van der Waals surface area contributed by atoms with Crippen molar-refractivity contribution in [2.24, 2.45) is 0 Å². The number of ether oxygens (including phenoxy) is 1. The second-order valence-electron chi connectivity index (χ2n) is 8.24. The van der Waals surface area contributed by atoms with Crippen molar-refractivity contribution in [2.45, 2.75) is 37.4 Å². The van der Waals surface area contributed by atoms with Gasteiger partial charge in [0.15, 0.2) is 23.1 Å². The molecule has 9 N–H and O–H groups in total. The van der Waals surface area contributed by atoms with E-state index in [0.717, 1.165) is 6.92 Å². The average Bonchev–Trinajstić information content (AvgIpc) is 2.79. The molecule has 4 rings (SSSR count). The Kier molecular flexibility index (Phi) is 5.70. The van der Waals surface area contributed by atoms with E-state index in [1.54, 1.807) is 0 Å². The molecule has 0 radical (unpaired) electrons. The maximum absolute atomic E-state index is 13.4. The topological polar surface area (TPSA) is 243 Å². The molecule has 186 valence electrons. The van der Waals surface area contributed by atoms with Crippen molar-refractivity contribution in [1.82, 2.24) is 0 Å². The zero-order valence-electron chi connectivity index (χ0n) is 17.8. The van der Waals surface area contributed by atoms with Gasteiger partial charge in [0.1, 0.15) is 47.6 Å². The van der Waals surface area contributed by atoms with Crippen molar-refractivity contribution in [3.8, 4) is 23.0 Å². The van der Waals surface area contributed by atoms with E-state index in [2.05, 4.69) is 0 Å². The largest absolute Gasteiger partial charge is 0.507 e. The number of hydrogen-bond acceptors (Lipinski definition) is 12. The number of carbonyl (C=O) groups excluding carboxylic acids is 2. The second-order valence-corrected chi connectivity index (χ2v) is 8.24. The fourth-order valence-corrected chi connectivity index (χ4v) is 4.58. The molecule has 13 nitrogen and oxygen atoms in total. The van der Waals surface area contributed by atoms with Crippen molar-refractivity contribution >= 4 is 17.5 Å². The predicted molar refractivity (Wildman–Crippen MR) is 111 cm³/mol. The van der Waals surface area contributed by atoms with Gasteiger partial charge in [-0.3, -0.25) is 9.59 Å². The molecule has 0 bridgehead atoms. The number of rotatable bonds is 3. The van der Waals surface area contributed by atoms with Gasteiger partial charge in [0.2, 0.25) is 0 Å². The van der Waals surface area contributed by atoms with Crippen LogP contribution in [0, 0.1) is 6.92 Å². The number of benzene rings is 2. The van der Waals surface area contributed by atoms with Gasteiger partial charge in [-0.1, -0.05) is 0 Å². The van der Waals surface area contributed by atoms with Gasteiger partial charge >= 0.3 is 5.97 Å². The van der Waals surface area contributed by atoms with Gasteiger partial charge in [0, 0.05) is 11.1 Å². The first-order valence-corrected chi connectivity index (χ1v) is 10.2. The number of phenols is 4. The summed E-state index contributed by atoms with van der Waals surface area (Å²) in [6, 6.07) is 0.716. The van der Waals surface area contributed by atoms with E-state index in [4.69, 9.17) is 4.74 Å². The van der Waals surface area contributed by atoms with Crippen LogP contribution in [0.5, 0.6) is 23.0 Å². The Morgan fingerprint density at radius 1 is 0.886 bits per heavy atom. The molecule has 0 aromatic heterocycles. The number of fused-ring (bicyclic) bond motifs is 2. The number of hydrogen-bond donors (Lipinski definition) is 9. The first-order chi connectivity index (χ1) is 16.3. The average molecular weight is 492 g/mol. The van der Waals surface area contributed by atoms with Crippen molar-refractivity contribution in [1.29, 1.82) is 0 Å². The van der Waals surface area contributed by atoms with E-state index in [9.17, 15) is 60.3 Å². The van der Waals surface area contributed by atoms with Crippen LogP contribution in [0.1, 0.15) is 59.4 Å². The molecule has 0 unspecified atom stereocenters. The Morgan fingerprint density at radius 3 is 2.06 bits per heavy atom. The van der Waals surface area contributed by atoms with Crippen LogP contribution in [0.4, 0.5) is 0 Å². The molecule has 5 atom stereocenters. The third-order valence-electron chi connectivity index (χ3n) is 6.33. The van der Waals surface area contributed by atoms with Gasteiger partial charge < -0.3 is 50.7 Å². The number of ketones is 2. The fourth-order valence-electron chi connectivity index (χ4n) is 4.58. The molecule has 0 spiro atoms. The van der Waals surface area contributed by atoms with Crippen molar-refractivity contribution < 1.29 is 65.1 Å². The highest BCUT2D eigenvalue weighted by Crippen LogP contribution is 2.52. The number of aliphatic hydroxyl groups is 4. The smallest absolute Gasteiger partial charge is 0.339 e. The minimum Gasteiger partial charge on any atom is -0.507 e. The minimum atomic E-state index is -2.03. The van der Waals surface area contributed by atoms with Gasteiger partial charge in [-0.25, -0.2) is 4.79 Å². The summed E-state index contributed by atoms with van der Waals surface area (Å²) < 4.78 is 5.30. The molecule has 1 saturated heterocycles. The molecule has 1 heterocycles. The summed E-state index contributed by atoms with van der Waals surface area (Å²) in [5.74, 6) is -8.24. The Bertz CT molecular complexity index is 1300. The predicted octanol–water partition coefficient (Wildman–Crippen LogP) is -1.19. The Balaban J connectivity index is 1.99. The van der Waals surface area contributed by atoms with Crippen LogP contribution in [-0.2, 0) is 4.74 Å². The van der Waals surface area contributed by atoms with Gasteiger partial charge in [-0.2, -0.15) is 0 Å². The maximum atomic E-state index is 13.4. The number of aliphatic hydroxyl groups excluding tert-OH is 4. The summed E-state index contributed by atoms with van der Waals surface area (Å²) in [4.78, 5) is 38.1. The molecule has 13 heteroatoms. The zero-order valence-corrected chi connectivity index (χ0v) is 17.8. The van der Waals surface area contributed by atoms with Crippen LogP contribution in [-0.4, -0.2) is 94.5 Å². The lowest BCUT2D eigenvalue weighted by atomic mass is 9.77. The highest BCUT2D eigenvalue weighted by molar-refractivity contribution is 6.31. The molecular weight excluding hydrogens is 472 g/mol. The molecule has 1 fully saturated rings. The van der Waals surface area contributed by atoms with Crippen molar-refractivity contribution in [3.05, 3.63) is 45.0 Å². The van der Waals surface area contributed by atoms with Crippen molar-refractivity contribution in [3.63, 3.8) is 0 Å². The third kappa shape index (κ3) is 3.25. The van der Waals surface area contributed by atoms with Gasteiger partial charge in [0.25, 0.3) is 0 Å². The molecule has 0 amide bonds. The second kappa shape index (κ2) is 8.18. The summed E-state index contributed by atoms with van der Waals surface area (Å²) >= 11 is 0. The highest BCUT2D eigenvalue weighted by atomic mass is 16.5. The summed E-state index contributed by atoms with van der Waals surface area (Å²) in [6.07, 6.45) is -9.12. The lowest BCUT2D eigenvalue weighted by Gasteiger charge is -2.40. The molecule has 2 aliphatic rings. The number of carboxylic acids is 1. The van der Waals surface area contributed by atoms with E-state index in [1.807, 2.05) is 0 Å². The molecule has 35 heavy (non-hydrogen) atoms. The van der Waals surface area contributed by atoms with Gasteiger partial charge in [-0.05, 0) is 18.6 Å². The number of phenolic OH excluding ortho intramolecular Hbond substituents is 3. The minimum absolute atomic E-state index is 0.308. The molecule has 2 aromatic carbocycles. The fraction of sp³-hybridized carbons (Fsp3) is 0.318. The number of aromatic carboxylic acids is 1. The van der Waals surface area contributed by atoms with E-state index >= 15 is 0 Å². The standard InChI is InChI=1S/C22H20O13/c1-4-8-5(2-6(24)9(4)22(33)34)13(25)10-11(15(8)27)16(28)12(18(30)17(10)29)21-20(32)19(31)14(26)7(3-23)35-21/h2,7,14,19-21,23-24,26,28-32H,3H2,1H3,(H,33,34)/t7-,14+,19+,20+,21+/m1/s1. The van der Waals surface area contributed by atoms with Crippen molar-refractivity contribution in [2.75, 3.05) is 6.61 Å². The van der Waals surface area contributed by atoms with E-state index in [0.29, 0.717) is 6.07 Å². The lowest BCUT2D eigenvalue weighted by Crippen LogP contribution is -2.55. The summed E-state index contributed by atoms with van der Waals surface area (Å²) in [5, 5.41) is 91.5. The van der Waals surface area contributed by atoms with E-state index < -0.39 is 111 Å². The third-order valence-corrected chi connectivity index (χ3v) is 6.33. The van der Waals surface area contributed by atoms with Crippen LogP contribution >= 0.6 is 0 Å². The summed E-state index contributed by atoms with van der Waals surface area (Å²) in [7, 11) is 0.